The molecule has 0 bridgehead atoms. The number of aromatic nitrogens is 4. The summed E-state index contributed by atoms with van der Waals surface area (Å²) in [5, 5.41) is 16.5. The minimum Gasteiger partial charge on any atom is -0.411 e. The van der Waals surface area contributed by atoms with Crippen LogP contribution in [0.3, 0.4) is 0 Å². The Bertz CT molecular complexity index is 1460. The van der Waals surface area contributed by atoms with E-state index in [1.54, 1.807) is 24.7 Å². The van der Waals surface area contributed by atoms with Gasteiger partial charge in [0.2, 0.25) is 5.91 Å². The summed E-state index contributed by atoms with van der Waals surface area (Å²) in [6.45, 7) is 2.00. The number of amides is 1. The average molecular weight is 444 g/mol. The maximum Gasteiger partial charge on any atom is 0.231 e. The molecule has 2 fully saturated rings. The van der Waals surface area contributed by atoms with Gasteiger partial charge in [0.15, 0.2) is 0 Å². The molecule has 2 atom stereocenters. The zero-order valence-corrected chi connectivity index (χ0v) is 17.9. The van der Waals surface area contributed by atoms with Crippen LogP contribution in [0.15, 0.2) is 48.1 Å². The Kier molecular flexibility index (Phi) is 4.39. The number of oxime groups is 1. The van der Waals surface area contributed by atoms with E-state index < -0.39 is 12.1 Å². The van der Waals surface area contributed by atoms with Crippen LogP contribution >= 0.6 is 0 Å². The molecule has 0 unspecified atom stereocenters. The second-order valence-electron chi connectivity index (χ2n) is 8.80. The normalized spacial score (nSPS) is 20.4. The summed E-state index contributed by atoms with van der Waals surface area (Å²) in [5.41, 5.74) is 5.71. The van der Waals surface area contributed by atoms with Crippen molar-refractivity contribution < 1.29 is 14.4 Å². The lowest BCUT2D eigenvalue weighted by Gasteiger charge is -2.13. The second kappa shape index (κ2) is 7.33. The minimum absolute atomic E-state index is 0.271. The molecule has 0 radical (unpaired) electrons. The summed E-state index contributed by atoms with van der Waals surface area (Å²) < 4.78 is 15.1. The highest BCUT2D eigenvalue weighted by Gasteiger charge is 2.43. The van der Waals surface area contributed by atoms with Gasteiger partial charge in [-0.3, -0.25) is 14.2 Å². The lowest BCUT2D eigenvalue weighted by Crippen LogP contribution is -2.16. The van der Waals surface area contributed by atoms with E-state index in [0.29, 0.717) is 17.2 Å². The lowest BCUT2D eigenvalue weighted by molar-refractivity contribution is -0.117. The van der Waals surface area contributed by atoms with E-state index >= 15 is 0 Å². The molecule has 6 rings (SSSR count). The molecule has 4 aromatic heterocycles. The number of anilines is 1. The van der Waals surface area contributed by atoms with Crippen LogP contribution in [0, 0.1) is 18.8 Å². The number of imidazole rings is 1. The summed E-state index contributed by atoms with van der Waals surface area (Å²) in [5.74, 6) is -0.254. The molecule has 1 amide bonds. The number of hydrogen-bond donors (Lipinski definition) is 2. The summed E-state index contributed by atoms with van der Waals surface area (Å²) in [6.07, 6.45) is 8.31. The highest BCUT2D eigenvalue weighted by atomic mass is 19.1. The van der Waals surface area contributed by atoms with E-state index in [1.807, 2.05) is 29.7 Å². The van der Waals surface area contributed by atoms with Crippen LogP contribution in [-0.4, -0.2) is 42.4 Å². The Hall–Kier alpha value is -3.88. The van der Waals surface area contributed by atoms with Crippen LogP contribution in [0.4, 0.5) is 10.2 Å². The molecule has 2 saturated carbocycles. The topological polar surface area (TPSA) is 105 Å². The van der Waals surface area contributed by atoms with E-state index in [9.17, 15) is 14.4 Å². The summed E-state index contributed by atoms with van der Waals surface area (Å²) in [7, 11) is 0. The molecule has 166 valence electrons. The molecular formula is C24H21FN6O2. The molecule has 0 saturated heterocycles. The monoisotopic (exact) mass is 444 g/mol. The van der Waals surface area contributed by atoms with Gasteiger partial charge in [-0.2, -0.15) is 0 Å². The van der Waals surface area contributed by atoms with E-state index in [0.717, 1.165) is 46.1 Å². The number of hydrogen-bond acceptors (Lipinski definition) is 6. The Morgan fingerprint density at radius 3 is 2.70 bits per heavy atom. The van der Waals surface area contributed by atoms with Crippen molar-refractivity contribution in [3.63, 3.8) is 0 Å². The van der Waals surface area contributed by atoms with E-state index in [1.165, 1.54) is 0 Å². The van der Waals surface area contributed by atoms with Crippen LogP contribution in [0.2, 0.25) is 0 Å². The zero-order valence-electron chi connectivity index (χ0n) is 17.9. The van der Waals surface area contributed by atoms with E-state index in [2.05, 4.69) is 25.4 Å². The van der Waals surface area contributed by atoms with Gasteiger partial charge in [-0.05, 0) is 43.9 Å². The Labute approximate surface area is 188 Å². The molecule has 2 aliphatic carbocycles. The molecule has 4 heterocycles. The number of aryl methyl sites for hydroxylation is 1. The third kappa shape index (κ3) is 3.40. The number of alkyl halides is 1. The number of nitrogens with zero attached hydrogens (tertiary/aromatic N) is 5. The number of carbonyl (C=O) groups is 1. The maximum atomic E-state index is 13.2. The highest BCUT2D eigenvalue weighted by molar-refractivity contribution is 6.02. The van der Waals surface area contributed by atoms with Gasteiger partial charge in [0.05, 0.1) is 17.1 Å². The van der Waals surface area contributed by atoms with Gasteiger partial charge >= 0.3 is 0 Å². The largest absolute Gasteiger partial charge is 0.411 e. The summed E-state index contributed by atoms with van der Waals surface area (Å²) >= 11 is 0. The van der Waals surface area contributed by atoms with Crippen molar-refractivity contribution in [3.05, 3.63) is 54.2 Å². The number of halogens is 1. The first kappa shape index (κ1) is 19.8. The molecule has 0 aromatic carbocycles. The van der Waals surface area contributed by atoms with E-state index in [4.69, 9.17) is 0 Å². The van der Waals surface area contributed by atoms with Crippen LogP contribution in [0.1, 0.15) is 30.5 Å². The number of rotatable bonds is 5. The lowest BCUT2D eigenvalue weighted by atomic mass is 10.0. The predicted molar refractivity (Wildman–Crippen MR) is 121 cm³/mol. The van der Waals surface area contributed by atoms with Gasteiger partial charge in [0.1, 0.15) is 23.3 Å². The van der Waals surface area contributed by atoms with Crippen molar-refractivity contribution in [1.82, 2.24) is 19.4 Å². The van der Waals surface area contributed by atoms with Crippen molar-refractivity contribution in [2.45, 2.75) is 32.4 Å². The number of carbonyl (C=O) groups excluding carboxylic acids is 1. The quantitative estimate of drug-likeness (QED) is 0.274. The molecule has 0 aliphatic heterocycles. The van der Waals surface area contributed by atoms with Crippen LogP contribution in [-0.2, 0) is 4.79 Å². The average Bonchev–Trinajstić information content (AvgIpc) is 3.72. The fourth-order valence-electron chi connectivity index (χ4n) is 4.29. The molecule has 2 aliphatic rings. The third-order valence-electron chi connectivity index (χ3n) is 6.39. The van der Waals surface area contributed by atoms with Gasteiger partial charge in [0.25, 0.3) is 0 Å². The van der Waals surface area contributed by atoms with Gasteiger partial charge in [-0.15, -0.1) is 0 Å². The fourth-order valence-corrected chi connectivity index (χ4v) is 4.29. The molecule has 33 heavy (non-hydrogen) atoms. The molecule has 8 nitrogen and oxygen atoms in total. The number of nitrogens with one attached hydrogen (secondary N) is 1. The molecule has 9 heteroatoms. The van der Waals surface area contributed by atoms with Crippen molar-refractivity contribution in [3.8, 4) is 11.1 Å². The van der Waals surface area contributed by atoms with Crippen LogP contribution in [0.25, 0.3) is 27.7 Å². The van der Waals surface area contributed by atoms with Crippen molar-refractivity contribution in [2.75, 3.05) is 5.32 Å². The minimum atomic E-state index is -1.05. The Balaban J connectivity index is 1.41. The highest BCUT2D eigenvalue weighted by Crippen LogP contribution is 2.36. The van der Waals surface area contributed by atoms with E-state index in [-0.39, 0.29) is 18.2 Å². The smallest absolute Gasteiger partial charge is 0.231 e. The first-order chi connectivity index (χ1) is 16.0. The SMILES string of the molecule is Cc1cc(/C(=N/O)C2CC2)ncc1-c1cc2cnc(NC(=O)[C@H]3C[C@H]3F)cc2n2ccnc12. The van der Waals surface area contributed by atoms with Gasteiger partial charge < -0.3 is 10.5 Å². The third-order valence-corrected chi connectivity index (χ3v) is 6.39. The Morgan fingerprint density at radius 1 is 1.18 bits per heavy atom. The maximum absolute atomic E-state index is 13.2. The first-order valence-electron chi connectivity index (χ1n) is 10.9. The van der Waals surface area contributed by atoms with Crippen LogP contribution in [0.5, 0.6) is 0 Å². The first-order valence-corrected chi connectivity index (χ1v) is 10.9. The summed E-state index contributed by atoms with van der Waals surface area (Å²) in [4.78, 5) is 25.6. The van der Waals surface area contributed by atoms with Crippen molar-refractivity contribution in [1.29, 1.82) is 0 Å². The predicted octanol–water partition coefficient (Wildman–Crippen LogP) is 4.14. The number of pyridine rings is 3. The molecule has 2 N–H and O–H groups in total. The summed E-state index contributed by atoms with van der Waals surface area (Å²) in [6, 6.07) is 5.72. The zero-order chi connectivity index (χ0) is 22.7. The number of fused-ring (bicyclic) bond motifs is 3. The molecular weight excluding hydrogens is 423 g/mol. The second-order valence-corrected chi connectivity index (χ2v) is 8.80. The molecule has 0 spiro atoms. The standard InChI is InChI=1S/C24H21FN6O2/c1-12-6-19(22(30-33)13-2-3-13)27-11-17(12)15-7-14-10-28-21(29-24(32)16-8-18(16)25)9-20(14)31-5-4-26-23(15)31/h4-7,9-11,13,16,18,33H,2-3,8H2,1H3,(H,28,29,32)/b30-22+/t16-,18+/m0/s1. The van der Waals surface area contributed by atoms with Gasteiger partial charge in [-0.25, -0.2) is 14.4 Å². The Morgan fingerprint density at radius 2 is 2.00 bits per heavy atom. The van der Waals surface area contributed by atoms with Gasteiger partial charge in [0, 0.05) is 53.3 Å². The molecule has 4 aromatic rings. The van der Waals surface area contributed by atoms with Crippen LogP contribution < -0.4 is 5.32 Å². The van der Waals surface area contributed by atoms with Gasteiger partial charge in [-0.1, -0.05) is 5.16 Å². The fraction of sp³-hybridized carbons (Fsp3) is 0.292. The van der Waals surface area contributed by atoms with Crippen molar-refractivity contribution >= 4 is 34.0 Å². The van der Waals surface area contributed by atoms with Crippen molar-refractivity contribution in [2.24, 2.45) is 17.0 Å².